The molecule has 0 bridgehead atoms. The Balaban J connectivity index is 0.00000128. The van der Waals surface area contributed by atoms with Crippen molar-refractivity contribution in [2.24, 2.45) is 0 Å². The number of nitrogens with zero attached hydrogens (tertiary/aromatic N) is 2. The van der Waals surface area contributed by atoms with E-state index in [-0.39, 0.29) is 17.0 Å². The molecule has 0 aliphatic heterocycles. The highest BCUT2D eigenvalue weighted by atomic mass is 79.9. The summed E-state index contributed by atoms with van der Waals surface area (Å²) >= 11 is 1.68. The maximum absolute atomic E-state index is 5.45. The predicted octanol–water partition coefficient (Wildman–Crippen LogP) is 3.34. The number of anilines is 1. The lowest BCUT2D eigenvalue weighted by atomic mass is 10.3. The van der Waals surface area contributed by atoms with Crippen molar-refractivity contribution in [1.82, 2.24) is 4.98 Å². The lowest BCUT2D eigenvalue weighted by Gasteiger charge is -2.04. The summed E-state index contributed by atoms with van der Waals surface area (Å²) in [5.41, 5.74) is 1.03. The highest BCUT2D eigenvalue weighted by Gasteiger charge is 2.05. The van der Waals surface area contributed by atoms with E-state index in [1.165, 1.54) is 4.70 Å². The SMILES string of the molecule is Br.CCOc1ccc2nc(N(C)C)sc2c1. The van der Waals surface area contributed by atoms with E-state index >= 15 is 0 Å². The molecule has 3 nitrogen and oxygen atoms in total. The van der Waals surface area contributed by atoms with Crippen molar-refractivity contribution in [2.75, 3.05) is 25.6 Å². The molecule has 0 fully saturated rings. The number of halogens is 1. The van der Waals surface area contributed by atoms with Gasteiger partial charge in [0.15, 0.2) is 5.13 Å². The topological polar surface area (TPSA) is 25.4 Å². The molecule has 2 aromatic rings. The maximum Gasteiger partial charge on any atom is 0.185 e. The Morgan fingerprint density at radius 3 is 2.75 bits per heavy atom. The van der Waals surface area contributed by atoms with Gasteiger partial charge in [0.05, 0.1) is 16.8 Å². The maximum atomic E-state index is 5.45. The van der Waals surface area contributed by atoms with E-state index in [0.29, 0.717) is 6.61 Å². The van der Waals surface area contributed by atoms with Crippen LogP contribution in [0, 0.1) is 0 Å². The molecule has 0 unspecified atom stereocenters. The summed E-state index contributed by atoms with van der Waals surface area (Å²) in [5, 5.41) is 1.03. The summed E-state index contributed by atoms with van der Waals surface area (Å²) < 4.78 is 6.62. The van der Waals surface area contributed by atoms with Crippen molar-refractivity contribution in [3.8, 4) is 5.75 Å². The minimum Gasteiger partial charge on any atom is -0.494 e. The number of aromatic nitrogens is 1. The Kier molecular flexibility index (Phi) is 4.56. The van der Waals surface area contributed by atoms with Crippen LogP contribution in [-0.2, 0) is 0 Å². The van der Waals surface area contributed by atoms with Gasteiger partial charge in [0.2, 0.25) is 0 Å². The zero-order valence-electron chi connectivity index (χ0n) is 9.56. The van der Waals surface area contributed by atoms with Crippen LogP contribution in [0.3, 0.4) is 0 Å². The third kappa shape index (κ3) is 2.65. The second kappa shape index (κ2) is 5.50. The lowest BCUT2D eigenvalue weighted by Crippen LogP contribution is -2.07. The molecular weight excluding hydrogens is 288 g/mol. The Morgan fingerprint density at radius 1 is 1.38 bits per heavy atom. The Morgan fingerprint density at radius 2 is 2.12 bits per heavy atom. The zero-order valence-corrected chi connectivity index (χ0v) is 12.1. The van der Waals surface area contributed by atoms with Gasteiger partial charge in [0.25, 0.3) is 0 Å². The first-order chi connectivity index (χ1) is 7.20. The molecule has 0 spiro atoms. The smallest absolute Gasteiger partial charge is 0.185 e. The van der Waals surface area contributed by atoms with E-state index in [4.69, 9.17) is 4.74 Å². The lowest BCUT2D eigenvalue weighted by molar-refractivity contribution is 0.341. The van der Waals surface area contributed by atoms with Crippen LogP contribution in [-0.4, -0.2) is 25.7 Å². The van der Waals surface area contributed by atoms with Gasteiger partial charge in [-0.1, -0.05) is 11.3 Å². The summed E-state index contributed by atoms with van der Waals surface area (Å²) in [6, 6.07) is 6.01. The van der Waals surface area contributed by atoms with Crippen molar-refractivity contribution in [3.63, 3.8) is 0 Å². The van der Waals surface area contributed by atoms with Crippen molar-refractivity contribution < 1.29 is 4.74 Å². The Labute approximate surface area is 110 Å². The van der Waals surface area contributed by atoms with E-state index < -0.39 is 0 Å². The van der Waals surface area contributed by atoms with Crippen LogP contribution >= 0.6 is 28.3 Å². The van der Waals surface area contributed by atoms with Gasteiger partial charge in [-0.15, -0.1) is 17.0 Å². The van der Waals surface area contributed by atoms with Gasteiger partial charge in [0.1, 0.15) is 5.75 Å². The summed E-state index contributed by atoms with van der Waals surface area (Å²) in [6.07, 6.45) is 0. The van der Waals surface area contributed by atoms with Crippen LogP contribution in [0.25, 0.3) is 10.2 Å². The molecule has 88 valence electrons. The molecule has 5 heteroatoms. The normalized spacial score (nSPS) is 9.94. The number of thiazole rings is 1. The van der Waals surface area contributed by atoms with E-state index in [1.54, 1.807) is 11.3 Å². The molecule has 1 aromatic carbocycles. The molecule has 0 atom stereocenters. The molecule has 0 aliphatic rings. The molecule has 1 aromatic heterocycles. The molecule has 0 N–H and O–H groups in total. The average Bonchev–Trinajstić information content (AvgIpc) is 2.61. The standard InChI is InChI=1S/C11H14N2OS.BrH/c1-4-14-8-5-6-9-10(7-8)15-11(12-9)13(2)3;/h5-7H,4H2,1-3H3;1H. The largest absolute Gasteiger partial charge is 0.494 e. The van der Waals surface area contributed by atoms with Gasteiger partial charge in [0, 0.05) is 14.1 Å². The second-order valence-electron chi connectivity index (χ2n) is 3.45. The quantitative estimate of drug-likeness (QED) is 0.869. The van der Waals surface area contributed by atoms with Gasteiger partial charge >= 0.3 is 0 Å². The van der Waals surface area contributed by atoms with Crippen molar-refractivity contribution in [3.05, 3.63) is 18.2 Å². The predicted molar refractivity (Wildman–Crippen MR) is 75.4 cm³/mol. The van der Waals surface area contributed by atoms with Gasteiger partial charge in [-0.2, -0.15) is 0 Å². The molecule has 0 saturated carbocycles. The van der Waals surface area contributed by atoms with Crippen LogP contribution in [0.1, 0.15) is 6.92 Å². The van der Waals surface area contributed by atoms with Gasteiger partial charge in [-0.3, -0.25) is 0 Å². The van der Waals surface area contributed by atoms with Crippen LogP contribution in [0.2, 0.25) is 0 Å². The molecule has 0 aliphatic carbocycles. The zero-order chi connectivity index (χ0) is 10.8. The fourth-order valence-corrected chi connectivity index (χ4v) is 2.26. The molecule has 0 amide bonds. The third-order valence-corrected chi connectivity index (χ3v) is 3.23. The van der Waals surface area contributed by atoms with Crippen molar-refractivity contribution >= 4 is 43.7 Å². The van der Waals surface area contributed by atoms with E-state index in [1.807, 2.05) is 44.1 Å². The van der Waals surface area contributed by atoms with Crippen LogP contribution in [0.5, 0.6) is 5.75 Å². The van der Waals surface area contributed by atoms with Crippen LogP contribution in [0.4, 0.5) is 5.13 Å². The van der Waals surface area contributed by atoms with Crippen molar-refractivity contribution in [2.45, 2.75) is 6.92 Å². The number of ether oxygens (including phenoxy) is 1. The first-order valence-electron chi connectivity index (χ1n) is 4.91. The molecule has 0 radical (unpaired) electrons. The molecule has 16 heavy (non-hydrogen) atoms. The Hall–Kier alpha value is -0.810. The second-order valence-corrected chi connectivity index (χ2v) is 4.46. The number of hydrogen-bond donors (Lipinski definition) is 0. The highest BCUT2D eigenvalue weighted by Crippen LogP contribution is 2.30. The van der Waals surface area contributed by atoms with Crippen LogP contribution < -0.4 is 9.64 Å². The molecule has 0 saturated heterocycles. The molecule has 1 heterocycles. The molecular formula is C11H15BrN2OS. The Bertz CT molecular complexity index is 470. The van der Waals surface area contributed by atoms with E-state index in [0.717, 1.165) is 16.4 Å². The minimum atomic E-state index is 0. The summed E-state index contributed by atoms with van der Waals surface area (Å²) in [6.45, 7) is 2.69. The first-order valence-corrected chi connectivity index (χ1v) is 5.73. The number of benzene rings is 1. The highest BCUT2D eigenvalue weighted by molar-refractivity contribution is 8.93. The van der Waals surface area contributed by atoms with Gasteiger partial charge in [-0.25, -0.2) is 4.98 Å². The molecule has 2 rings (SSSR count). The fraction of sp³-hybridized carbons (Fsp3) is 0.364. The number of rotatable bonds is 3. The van der Waals surface area contributed by atoms with Crippen molar-refractivity contribution in [1.29, 1.82) is 0 Å². The van der Waals surface area contributed by atoms with Crippen LogP contribution in [0.15, 0.2) is 18.2 Å². The fourth-order valence-electron chi connectivity index (χ4n) is 1.34. The summed E-state index contributed by atoms with van der Waals surface area (Å²) in [5.74, 6) is 0.916. The number of hydrogen-bond acceptors (Lipinski definition) is 4. The van der Waals surface area contributed by atoms with Gasteiger partial charge < -0.3 is 9.64 Å². The third-order valence-electron chi connectivity index (χ3n) is 2.04. The van der Waals surface area contributed by atoms with Gasteiger partial charge in [-0.05, 0) is 25.1 Å². The summed E-state index contributed by atoms with van der Waals surface area (Å²) in [7, 11) is 4.00. The monoisotopic (exact) mass is 302 g/mol. The first kappa shape index (κ1) is 13.3. The van der Waals surface area contributed by atoms with E-state index in [9.17, 15) is 0 Å². The average molecular weight is 303 g/mol. The van der Waals surface area contributed by atoms with E-state index in [2.05, 4.69) is 4.98 Å². The summed E-state index contributed by atoms with van der Waals surface area (Å²) in [4.78, 5) is 6.52. The minimum absolute atomic E-state index is 0. The number of fused-ring (bicyclic) bond motifs is 1.